The van der Waals surface area contributed by atoms with Crippen molar-refractivity contribution >= 4 is 0 Å². The molecule has 0 bridgehead atoms. The lowest BCUT2D eigenvalue weighted by atomic mass is 10.00. The monoisotopic (exact) mass is 266 g/mol. The summed E-state index contributed by atoms with van der Waals surface area (Å²) < 4.78 is 28.0. The zero-order valence-corrected chi connectivity index (χ0v) is 11.1. The molecule has 1 N–H and O–H groups in total. The molecular formula is C14H16F2N2O. The molecule has 1 aromatic carbocycles. The molecule has 102 valence electrons. The Labute approximate surface area is 110 Å². The van der Waals surface area contributed by atoms with Crippen LogP contribution in [0.4, 0.5) is 8.78 Å². The predicted octanol–water partition coefficient (Wildman–Crippen LogP) is 2.59. The Morgan fingerprint density at radius 1 is 1.21 bits per heavy atom. The summed E-state index contributed by atoms with van der Waals surface area (Å²) in [7, 11) is 1.82. The first-order valence-electron chi connectivity index (χ1n) is 6.01. The normalized spacial score (nSPS) is 12.7. The number of aliphatic hydroxyl groups excluding tert-OH is 1. The molecule has 0 aliphatic heterocycles. The van der Waals surface area contributed by atoms with E-state index in [1.807, 2.05) is 20.9 Å². The van der Waals surface area contributed by atoms with Crippen molar-refractivity contribution in [3.8, 4) is 0 Å². The van der Waals surface area contributed by atoms with Crippen LogP contribution in [0.2, 0.25) is 0 Å². The van der Waals surface area contributed by atoms with Gasteiger partial charge >= 0.3 is 0 Å². The predicted molar refractivity (Wildman–Crippen MR) is 67.7 cm³/mol. The molecule has 1 heterocycles. The molecule has 2 rings (SSSR count). The number of aromatic nitrogens is 2. The van der Waals surface area contributed by atoms with E-state index >= 15 is 0 Å². The fourth-order valence-electron chi connectivity index (χ4n) is 2.19. The van der Waals surface area contributed by atoms with Gasteiger partial charge < -0.3 is 5.11 Å². The smallest absolute Gasteiger partial charge is 0.126 e. The third kappa shape index (κ3) is 2.81. The minimum absolute atomic E-state index is 0.236. The Balaban J connectivity index is 2.27. The van der Waals surface area contributed by atoms with E-state index in [0.717, 1.165) is 35.2 Å². The minimum Gasteiger partial charge on any atom is -0.388 e. The second-order valence-corrected chi connectivity index (χ2v) is 4.70. The number of nitrogens with zero attached hydrogens (tertiary/aromatic N) is 2. The first-order chi connectivity index (χ1) is 8.88. The minimum atomic E-state index is -0.952. The maximum absolute atomic E-state index is 13.1. The third-order valence-electron chi connectivity index (χ3n) is 3.33. The van der Waals surface area contributed by atoms with Crippen LogP contribution in [0.15, 0.2) is 18.2 Å². The van der Waals surface area contributed by atoms with Crippen LogP contribution in [-0.4, -0.2) is 14.9 Å². The van der Waals surface area contributed by atoms with Crippen molar-refractivity contribution in [3.05, 3.63) is 52.3 Å². The Morgan fingerprint density at radius 2 is 1.79 bits per heavy atom. The van der Waals surface area contributed by atoms with Crippen LogP contribution in [0, 0.1) is 25.5 Å². The third-order valence-corrected chi connectivity index (χ3v) is 3.33. The number of aliphatic hydroxyl groups is 1. The Hall–Kier alpha value is -1.75. The van der Waals surface area contributed by atoms with Gasteiger partial charge in [-0.25, -0.2) is 8.78 Å². The topological polar surface area (TPSA) is 38.0 Å². The van der Waals surface area contributed by atoms with E-state index in [-0.39, 0.29) is 12.0 Å². The summed E-state index contributed by atoms with van der Waals surface area (Å²) in [6, 6.07) is 3.08. The number of hydrogen-bond donors (Lipinski definition) is 1. The van der Waals surface area contributed by atoms with Crippen LogP contribution in [0.3, 0.4) is 0 Å². The van der Waals surface area contributed by atoms with Crippen LogP contribution in [0.1, 0.15) is 28.6 Å². The highest BCUT2D eigenvalue weighted by molar-refractivity contribution is 5.28. The van der Waals surface area contributed by atoms with Crippen LogP contribution in [0.25, 0.3) is 0 Å². The van der Waals surface area contributed by atoms with Gasteiger partial charge in [0.2, 0.25) is 0 Å². The molecule has 5 heteroatoms. The summed E-state index contributed by atoms with van der Waals surface area (Å²) in [6.07, 6.45) is -0.666. The van der Waals surface area contributed by atoms with Gasteiger partial charge in [-0.2, -0.15) is 5.10 Å². The molecule has 2 aromatic rings. The SMILES string of the molecule is Cc1nn(C)c(C)c1CC(O)c1cc(F)cc(F)c1. The van der Waals surface area contributed by atoms with Gasteiger partial charge in [-0.1, -0.05) is 0 Å². The number of halogens is 2. The van der Waals surface area contributed by atoms with Gasteiger partial charge in [0.05, 0.1) is 11.8 Å². The summed E-state index contributed by atoms with van der Waals surface area (Å²) in [5.41, 5.74) is 2.89. The van der Waals surface area contributed by atoms with Crippen molar-refractivity contribution in [1.29, 1.82) is 0 Å². The van der Waals surface area contributed by atoms with Crippen molar-refractivity contribution < 1.29 is 13.9 Å². The van der Waals surface area contributed by atoms with E-state index in [1.165, 1.54) is 0 Å². The lowest BCUT2D eigenvalue weighted by Crippen LogP contribution is -2.05. The van der Waals surface area contributed by atoms with Crippen molar-refractivity contribution in [2.45, 2.75) is 26.4 Å². The van der Waals surface area contributed by atoms with Crippen LogP contribution < -0.4 is 0 Å². The Bertz CT molecular complexity index is 587. The van der Waals surface area contributed by atoms with E-state index in [1.54, 1.807) is 4.68 Å². The molecular weight excluding hydrogens is 250 g/mol. The molecule has 1 atom stereocenters. The largest absolute Gasteiger partial charge is 0.388 e. The van der Waals surface area contributed by atoms with Gasteiger partial charge in [-0.3, -0.25) is 4.68 Å². The maximum Gasteiger partial charge on any atom is 0.126 e. The molecule has 0 saturated carbocycles. The molecule has 19 heavy (non-hydrogen) atoms. The summed E-state index contributed by atoms with van der Waals surface area (Å²) in [5.74, 6) is -1.37. The van der Waals surface area contributed by atoms with Crippen molar-refractivity contribution in [2.75, 3.05) is 0 Å². The van der Waals surface area contributed by atoms with Crippen molar-refractivity contribution in [2.24, 2.45) is 7.05 Å². The first-order valence-corrected chi connectivity index (χ1v) is 6.01. The second-order valence-electron chi connectivity index (χ2n) is 4.70. The van der Waals surface area contributed by atoms with Crippen LogP contribution >= 0.6 is 0 Å². The number of aryl methyl sites for hydroxylation is 2. The highest BCUT2D eigenvalue weighted by Crippen LogP contribution is 2.23. The summed E-state index contributed by atoms with van der Waals surface area (Å²) in [4.78, 5) is 0. The number of hydrogen-bond acceptors (Lipinski definition) is 2. The van der Waals surface area contributed by atoms with Gasteiger partial charge in [-0.05, 0) is 37.1 Å². The Morgan fingerprint density at radius 3 is 2.26 bits per heavy atom. The fourth-order valence-corrected chi connectivity index (χ4v) is 2.19. The van der Waals surface area contributed by atoms with Crippen LogP contribution in [-0.2, 0) is 13.5 Å². The molecule has 3 nitrogen and oxygen atoms in total. The van der Waals surface area contributed by atoms with Gasteiger partial charge in [0.25, 0.3) is 0 Å². The Kier molecular flexibility index (Phi) is 3.66. The summed E-state index contributed by atoms with van der Waals surface area (Å²) in [6.45, 7) is 3.75. The molecule has 0 fully saturated rings. The van der Waals surface area contributed by atoms with Gasteiger partial charge in [0.15, 0.2) is 0 Å². The lowest BCUT2D eigenvalue weighted by Gasteiger charge is -2.12. The van der Waals surface area contributed by atoms with Crippen LogP contribution in [0.5, 0.6) is 0 Å². The average Bonchev–Trinajstić information content (AvgIpc) is 2.54. The van der Waals surface area contributed by atoms with E-state index < -0.39 is 17.7 Å². The summed E-state index contributed by atoms with van der Waals surface area (Å²) in [5, 5.41) is 14.4. The quantitative estimate of drug-likeness (QED) is 0.927. The van der Waals surface area contributed by atoms with E-state index in [9.17, 15) is 13.9 Å². The molecule has 0 saturated heterocycles. The van der Waals surface area contributed by atoms with Crippen molar-refractivity contribution in [1.82, 2.24) is 9.78 Å². The highest BCUT2D eigenvalue weighted by atomic mass is 19.1. The molecule has 0 amide bonds. The van der Waals surface area contributed by atoms with E-state index in [0.29, 0.717) is 0 Å². The van der Waals surface area contributed by atoms with Gasteiger partial charge in [-0.15, -0.1) is 0 Å². The highest BCUT2D eigenvalue weighted by Gasteiger charge is 2.16. The second kappa shape index (κ2) is 5.09. The van der Waals surface area contributed by atoms with Crippen molar-refractivity contribution in [3.63, 3.8) is 0 Å². The number of rotatable bonds is 3. The molecule has 0 aliphatic carbocycles. The molecule has 0 aliphatic rings. The van der Waals surface area contributed by atoms with Gasteiger partial charge in [0.1, 0.15) is 11.6 Å². The zero-order chi connectivity index (χ0) is 14.2. The lowest BCUT2D eigenvalue weighted by molar-refractivity contribution is 0.177. The molecule has 0 spiro atoms. The summed E-state index contributed by atoms with van der Waals surface area (Å²) >= 11 is 0. The van der Waals surface area contributed by atoms with E-state index in [2.05, 4.69) is 5.10 Å². The molecule has 0 radical (unpaired) electrons. The van der Waals surface area contributed by atoms with E-state index in [4.69, 9.17) is 0 Å². The molecule has 1 aromatic heterocycles. The maximum atomic E-state index is 13.1. The fraction of sp³-hybridized carbons (Fsp3) is 0.357. The first kappa shape index (κ1) is 13.7. The van der Waals surface area contributed by atoms with Gasteiger partial charge in [0, 0.05) is 25.2 Å². The molecule has 1 unspecified atom stereocenters. The average molecular weight is 266 g/mol. The zero-order valence-electron chi connectivity index (χ0n) is 11.1. The standard InChI is InChI=1S/C14H16F2N2O/c1-8-13(9(2)18(3)17-8)7-14(19)10-4-11(15)6-12(16)5-10/h4-6,14,19H,7H2,1-3H3. The number of benzene rings is 1.